The van der Waals surface area contributed by atoms with Crippen molar-refractivity contribution in [3.63, 3.8) is 0 Å². The Morgan fingerprint density at radius 3 is 2.54 bits per heavy atom. The SMILES string of the molecule is CCn1c(Cn2ccnc2)nnc1C1CCN(CC2CCCCC2)CC1. The van der Waals surface area contributed by atoms with E-state index in [1.54, 1.807) is 0 Å². The quantitative estimate of drug-likeness (QED) is 0.797. The number of hydrogen-bond acceptors (Lipinski definition) is 4. The van der Waals surface area contributed by atoms with Crippen molar-refractivity contribution in [1.29, 1.82) is 0 Å². The van der Waals surface area contributed by atoms with Crippen molar-refractivity contribution in [3.8, 4) is 0 Å². The van der Waals surface area contributed by atoms with Gasteiger partial charge in [0.15, 0.2) is 5.82 Å². The summed E-state index contributed by atoms with van der Waals surface area (Å²) in [6.45, 7) is 7.64. The average Bonchev–Trinajstić information content (AvgIpc) is 3.33. The Hall–Kier alpha value is -1.69. The first-order chi connectivity index (χ1) is 12.8. The van der Waals surface area contributed by atoms with E-state index < -0.39 is 0 Å². The van der Waals surface area contributed by atoms with Gasteiger partial charge in [0.2, 0.25) is 0 Å². The molecule has 0 amide bonds. The lowest BCUT2D eigenvalue weighted by Gasteiger charge is -2.35. The molecule has 0 radical (unpaired) electrons. The molecule has 3 heterocycles. The molecule has 1 saturated carbocycles. The topological polar surface area (TPSA) is 51.8 Å². The Kier molecular flexibility index (Phi) is 5.68. The monoisotopic (exact) mass is 356 g/mol. The number of piperidine rings is 1. The van der Waals surface area contributed by atoms with Crippen molar-refractivity contribution in [1.82, 2.24) is 29.2 Å². The second-order valence-electron chi connectivity index (χ2n) is 8.03. The zero-order chi connectivity index (χ0) is 17.8. The van der Waals surface area contributed by atoms with Crippen molar-refractivity contribution in [3.05, 3.63) is 30.4 Å². The summed E-state index contributed by atoms with van der Waals surface area (Å²) in [7, 11) is 0. The number of rotatable bonds is 6. The molecule has 0 N–H and O–H groups in total. The summed E-state index contributed by atoms with van der Waals surface area (Å²) in [5.74, 6) is 3.74. The van der Waals surface area contributed by atoms with Gasteiger partial charge in [-0.05, 0) is 51.6 Å². The average molecular weight is 357 g/mol. The second-order valence-corrected chi connectivity index (χ2v) is 8.03. The van der Waals surface area contributed by atoms with Crippen molar-refractivity contribution in [2.75, 3.05) is 19.6 Å². The van der Waals surface area contributed by atoms with Crippen molar-refractivity contribution in [2.45, 2.75) is 70.9 Å². The largest absolute Gasteiger partial charge is 0.330 e. The zero-order valence-electron chi connectivity index (χ0n) is 16.1. The van der Waals surface area contributed by atoms with E-state index in [2.05, 4.69) is 36.1 Å². The first-order valence-electron chi connectivity index (χ1n) is 10.4. The van der Waals surface area contributed by atoms with Gasteiger partial charge in [-0.1, -0.05) is 19.3 Å². The van der Waals surface area contributed by atoms with Gasteiger partial charge >= 0.3 is 0 Å². The number of aromatic nitrogens is 5. The van der Waals surface area contributed by atoms with Gasteiger partial charge in [-0.2, -0.15) is 0 Å². The summed E-state index contributed by atoms with van der Waals surface area (Å²) in [5.41, 5.74) is 0. The molecule has 142 valence electrons. The molecule has 0 bridgehead atoms. The lowest BCUT2D eigenvalue weighted by molar-refractivity contribution is 0.161. The Balaban J connectivity index is 1.35. The third-order valence-corrected chi connectivity index (χ3v) is 6.25. The molecule has 0 spiro atoms. The summed E-state index contributed by atoms with van der Waals surface area (Å²) >= 11 is 0. The van der Waals surface area contributed by atoms with E-state index >= 15 is 0 Å². The fraction of sp³-hybridized carbons (Fsp3) is 0.750. The van der Waals surface area contributed by atoms with Crippen LogP contribution in [0.1, 0.15) is 69.4 Å². The van der Waals surface area contributed by atoms with Gasteiger partial charge < -0.3 is 14.0 Å². The highest BCUT2D eigenvalue weighted by molar-refractivity contribution is 5.05. The third kappa shape index (κ3) is 4.00. The minimum atomic E-state index is 0.557. The third-order valence-electron chi connectivity index (χ3n) is 6.25. The van der Waals surface area contributed by atoms with Crippen LogP contribution in [0.15, 0.2) is 18.7 Å². The maximum Gasteiger partial charge on any atom is 0.153 e. The van der Waals surface area contributed by atoms with Crippen molar-refractivity contribution in [2.24, 2.45) is 5.92 Å². The molecular formula is C20H32N6. The van der Waals surface area contributed by atoms with E-state index in [1.807, 2.05) is 18.7 Å². The van der Waals surface area contributed by atoms with Gasteiger partial charge in [0, 0.05) is 31.4 Å². The molecule has 1 saturated heterocycles. The highest BCUT2D eigenvalue weighted by Crippen LogP contribution is 2.30. The first-order valence-corrected chi connectivity index (χ1v) is 10.4. The van der Waals surface area contributed by atoms with E-state index in [4.69, 9.17) is 0 Å². The highest BCUT2D eigenvalue weighted by Gasteiger charge is 2.27. The minimum Gasteiger partial charge on any atom is -0.330 e. The molecule has 0 aromatic carbocycles. The smallest absolute Gasteiger partial charge is 0.153 e. The predicted molar refractivity (Wildman–Crippen MR) is 102 cm³/mol. The van der Waals surface area contributed by atoms with Crippen LogP contribution in [0.4, 0.5) is 0 Å². The van der Waals surface area contributed by atoms with Gasteiger partial charge in [0.25, 0.3) is 0 Å². The lowest BCUT2D eigenvalue weighted by atomic mass is 9.88. The van der Waals surface area contributed by atoms with Crippen LogP contribution in [0, 0.1) is 5.92 Å². The highest BCUT2D eigenvalue weighted by atomic mass is 15.3. The van der Waals surface area contributed by atoms with E-state index in [9.17, 15) is 0 Å². The number of imidazole rings is 1. The van der Waals surface area contributed by atoms with Gasteiger partial charge in [-0.3, -0.25) is 0 Å². The number of hydrogen-bond donors (Lipinski definition) is 0. The fourth-order valence-electron chi connectivity index (χ4n) is 4.76. The van der Waals surface area contributed by atoms with Crippen LogP contribution in [0.2, 0.25) is 0 Å². The normalized spacial score (nSPS) is 20.7. The van der Waals surface area contributed by atoms with E-state index in [1.165, 1.54) is 70.4 Å². The maximum absolute atomic E-state index is 4.59. The first kappa shape index (κ1) is 17.7. The molecule has 0 unspecified atom stereocenters. The molecule has 6 heteroatoms. The summed E-state index contributed by atoms with van der Waals surface area (Å²) < 4.78 is 4.38. The van der Waals surface area contributed by atoms with E-state index in [0.717, 1.165) is 24.8 Å². The van der Waals surface area contributed by atoms with Gasteiger partial charge in [0.05, 0.1) is 12.9 Å². The molecule has 2 fully saturated rings. The van der Waals surface area contributed by atoms with Gasteiger partial charge in [-0.25, -0.2) is 4.98 Å². The van der Waals surface area contributed by atoms with Crippen LogP contribution < -0.4 is 0 Å². The van der Waals surface area contributed by atoms with E-state index in [-0.39, 0.29) is 0 Å². The molecular weight excluding hydrogens is 324 g/mol. The molecule has 4 rings (SSSR count). The Morgan fingerprint density at radius 1 is 1.04 bits per heavy atom. The lowest BCUT2D eigenvalue weighted by Crippen LogP contribution is -2.37. The molecule has 2 aromatic rings. The second kappa shape index (κ2) is 8.33. The Bertz CT molecular complexity index is 663. The number of likely N-dealkylation sites (tertiary alicyclic amines) is 1. The van der Waals surface area contributed by atoms with Crippen LogP contribution in [-0.4, -0.2) is 48.8 Å². The van der Waals surface area contributed by atoms with Crippen LogP contribution in [0.3, 0.4) is 0 Å². The summed E-state index contributed by atoms with van der Waals surface area (Å²) in [5, 5.41) is 9.09. The van der Waals surface area contributed by atoms with Crippen molar-refractivity contribution < 1.29 is 0 Å². The molecule has 1 aliphatic heterocycles. The van der Waals surface area contributed by atoms with E-state index in [0.29, 0.717) is 5.92 Å². The van der Waals surface area contributed by atoms with Gasteiger partial charge in [-0.15, -0.1) is 10.2 Å². The van der Waals surface area contributed by atoms with Crippen LogP contribution in [0.25, 0.3) is 0 Å². The van der Waals surface area contributed by atoms with Crippen LogP contribution in [-0.2, 0) is 13.1 Å². The van der Waals surface area contributed by atoms with Gasteiger partial charge in [0.1, 0.15) is 5.82 Å². The fourth-order valence-corrected chi connectivity index (χ4v) is 4.76. The summed E-state index contributed by atoms with van der Waals surface area (Å²) in [6.07, 6.45) is 15.3. The van der Waals surface area contributed by atoms with Crippen molar-refractivity contribution >= 4 is 0 Å². The number of nitrogens with zero attached hydrogens (tertiary/aromatic N) is 6. The summed E-state index contributed by atoms with van der Waals surface area (Å²) in [4.78, 5) is 6.83. The summed E-state index contributed by atoms with van der Waals surface area (Å²) in [6, 6.07) is 0. The minimum absolute atomic E-state index is 0.557. The zero-order valence-corrected chi connectivity index (χ0v) is 16.1. The molecule has 1 aliphatic carbocycles. The molecule has 2 aromatic heterocycles. The van der Waals surface area contributed by atoms with Crippen LogP contribution >= 0.6 is 0 Å². The standard InChI is InChI=1S/C20H32N6/c1-2-26-19(15-25-13-10-21-16-25)22-23-20(26)18-8-11-24(12-9-18)14-17-6-4-3-5-7-17/h10,13,16-18H,2-9,11-12,14-15H2,1H3. The Morgan fingerprint density at radius 2 is 1.85 bits per heavy atom. The van der Waals surface area contributed by atoms with Crippen LogP contribution in [0.5, 0.6) is 0 Å². The molecule has 6 nitrogen and oxygen atoms in total. The Labute approximate surface area is 156 Å². The molecule has 0 atom stereocenters. The molecule has 2 aliphatic rings. The maximum atomic E-state index is 4.59. The molecule has 26 heavy (non-hydrogen) atoms. The predicted octanol–water partition coefficient (Wildman–Crippen LogP) is 3.30.